The van der Waals surface area contributed by atoms with E-state index in [9.17, 15) is 0 Å². The van der Waals surface area contributed by atoms with Gasteiger partial charge in [0.2, 0.25) is 0 Å². The summed E-state index contributed by atoms with van der Waals surface area (Å²) in [5.74, 6) is 1.75. The summed E-state index contributed by atoms with van der Waals surface area (Å²) in [6.45, 7) is 6.27. The molecule has 18 heavy (non-hydrogen) atoms. The summed E-state index contributed by atoms with van der Waals surface area (Å²) in [4.78, 5) is 4.19. The van der Waals surface area contributed by atoms with Gasteiger partial charge in [-0.3, -0.25) is 4.98 Å². The van der Waals surface area contributed by atoms with Crippen LogP contribution in [0.2, 0.25) is 0 Å². The van der Waals surface area contributed by atoms with Gasteiger partial charge >= 0.3 is 0 Å². The van der Waals surface area contributed by atoms with Gasteiger partial charge in [-0.05, 0) is 37.8 Å². The molecule has 0 spiro atoms. The van der Waals surface area contributed by atoms with Gasteiger partial charge in [-0.1, -0.05) is 20.3 Å². The number of nitrogens with one attached hydrogen (secondary N) is 1. The lowest BCUT2D eigenvalue weighted by Gasteiger charge is -2.28. The molecule has 0 bridgehead atoms. The van der Waals surface area contributed by atoms with Crippen molar-refractivity contribution in [2.24, 2.45) is 5.92 Å². The fourth-order valence-electron chi connectivity index (χ4n) is 2.59. The van der Waals surface area contributed by atoms with Crippen molar-refractivity contribution in [2.45, 2.75) is 52.2 Å². The van der Waals surface area contributed by atoms with Crippen molar-refractivity contribution in [3.05, 3.63) is 24.0 Å². The molecule has 0 saturated heterocycles. The second kappa shape index (κ2) is 6.74. The Balaban J connectivity index is 1.99. The van der Waals surface area contributed by atoms with Crippen LogP contribution in [-0.4, -0.2) is 17.6 Å². The van der Waals surface area contributed by atoms with Gasteiger partial charge in [0.1, 0.15) is 5.75 Å². The van der Waals surface area contributed by atoms with Crippen LogP contribution in [0, 0.1) is 5.92 Å². The highest BCUT2D eigenvalue weighted by atomic mass is 16.5. The summed E-state index contributed by atoms with van der Waals surface area (Å²) in [5, 5.41) is 3.34. The zero-order valence-corrected chi connectivity index (χ0v) is 11.5. The molecule has 1 aromatic heterocycles. The Labute approximate surface area is 110 Å². The van der Waals surface area contributed by atoms with E-state index in [1.807, 2.05) is 18.5 Å². The van der Waals surface area contributed by atoms with Crippen molar-refractivity contribution >= 4 is 0 Å². The largest absolute Gasteiger partial charge is 0.488 e. The number of pyridine rings is 1. The third kappa shape index (κ3) is 3.70. The molecule has 0 radical (unpaired) electrons. The topological polar surface area (TPSA) is 34.2 Å². The number of aromatic nitrogens is 1. The second-order valence-corrected chi connectivity index (χ2v) is 5.28. The number of hydrogen-bond acceptors (Lipinski definition) is 3. The van der Waals surface area contributed by atoms with Gasteiger partial charge < -0.3 is 10.1 Å². The SMILES string of the molecule is CCNCc1ccncc1OC1CCCC(C)C1. The maximum absolute atomic E-state index is 6.15. The fourth-order valence-corrected chi connectivity index (χ4v) is 2.59. The van der Waals surface area contributed by atoms with Crippen LogP contribution in [0.3, 0.4) is 0 Å². The van der Waals surface area contributed by atoms with Gasteiger partial charge in [0.05, 0.1) is 12.3 Å². The molecule has 0 aliphatic heterocycles. The number of hydrogen-bond donors (Lipinski definition) is 1. The molecular weight excluding hydrogens is 224 g/mol. The molecule has 1 N–H and O–H groups in total. The molecule has 0 aromatic carbocycles. The van der Waals surface area contributed by atoms with Gasteiger partial charge in [-0.25, -0.2) is 0 Å². The van der Waals surface area contributed by atoms with E-state index >= 15 is 0 Å². The smallest absolute Gasteiger partial charge is 0.142 e. The summed E-state index contributed by atoms with van der Waals surface area (Å²) < 4.78 is 6.15. The third-order valence-electron chi connectivity index (χ3n) is 3.62. The Morgan fingerprint density at radius 3 is 3.11 bits per heavy atom. The highest BCUT2D eigenvalue weighted by Gasteiger charge is 2.21. The van der Waals surface area contributed by atoms with Gasteiger partial charge in [-0.2, -0.15) is 0 Å². The number of nitrogens with zero attached hydrogens (tertiary/aromatic N) is 1. The molecule has 2 atom stereocenters. The summed E-state index contributed by atoms with van der Waals surface area (Å²) in [7, 11) is 0. The lowest BCUT2D eigenvalue weighted by Crippen LogP contribution is -2.25. The van der Waals surface area contributed by atoms with Crippen LogP contribution in [0.5, 0.6) is 5.75 Å². The highest BCUT2D eigenvalue weighted by molar-refractivity contribution is 5.29. The van der Waals surface area contributed by atoms with E-state index in [2.05, 4.69) is 24.1 Å². The molecule has 1 saturated carbocycles. The maximum Gasteiger partial charge on any atom is 0.142 e. The highest BCUT2D eigenvalue weighted by Crippen LogP contribution is 2.28. The van der Waals surface area contributed by atoms with Gasteiger partial charge in [0.25, 0.3) is 0 Å². The Morgan fingerprint density at radius 2 is 2.33 bits per heavy atom. The minimum absolute atomic E-state index is 0.373. The van der Waals surface area contributed by atoms with Crippen molar-refractivity contribution in [3.8, 4) is 5.75 Å². The molecule has 2 unspecified atom stereocenters. The molecule has 3 heteroatoms. The first-order chi connectivity index (χ1) is 8.79. The summed E-state index contributed by atoms with van der Waals surface area (Å²) in [5.41, 5.74) is 1.21. The first-order valence-corrected chi connectivity index (χ1v) is 7.10. The molecule has 3 nitrogen and oxygen atoms in total. The molecule has 1 aromatic rings. The van der Waals surface area contributed by atoms with Crippen molar-refractivity contribution in [3.63, 3.8) is 0 Å². The van der Waals surface area contributed by atoms with E-state index in [4.69, 9.17) is 4.74 Å². The van der Waals surface area contributed by atoms with Crippen LogP contribution in [0.25, 0.3) is 0 Å². The van der Waals surface area contributed by atoms with Crippen LogP contribution < -0.4 is 10.1 Å². The van der Waals surface area contributed by atoms with Crippen LogP contribution in [0.15, 0.2) is 18.5 Å². The lowest BCUT2D eigenvalue weighted by atomic mass is 9.89. The van der Waals surface area contributed by atoms with E-state index in [1.54, 1.807) is 0 Å². The summed E-state index contributed by atoms with van der Waals surface area (Å²) >= 11 is 0. The van der Waals surface area contributed by atoms with Gasteiger partial charge in [-0.15, -0.1) is 0 Å². The maximum atomic E-state index is 6.15. The zero-order valence-electron chi connectivity index (χ0n) is 11.5. The van der Waals surface area contributed by atoms with E-state index in [1.165, 1.54) is 31.2 Å². The predicted octanol–water partition coefficient (Wildman–Crippen LogP) is 3.15. The number of rotatable bonds is 5. The molecule has 1 aliphatic carbocycles. The lowest BCUT2D eigenvalue weighted by molar-refractivity contribution is 0.127. The van der Waals surface area contributed by atoms with Crippen LogP contribution in [-0.2, 0) is 6.54 Å². The Kier molecular flexibility index (Phi) is 5.00. The van der Waals surface area contributed by atoms with Crippen LogP contribution >= 0.6 is 0 Å². The van der Waals surface area contributed by atoms with E-state index in [0.717, 1.165) is 24.8 Å². The first-order valence-electron chi connectivity index (χ1n) is 7.10. The van der Waals surface area contributed by atoms with Crippen molar-refractivity contribution in [2.75, 3.05) is 6.54 Å². The second-order valence-electron chi connectivity index (χ2n) is 5.28. The first kappa shape index (κ1) is 13.3. The number of ether oxygens (including phenoxy) is 1. The average Bonchev–Trinajstić information content (AvgIpc) is 2.38. The van der Waals surface area contributed by atoms with Crippen molar-refractivity contribution < 1.29 is 4.74 Å². The van der Waals surface area contributed by atoms with Gasteiger partial charge in [0.15, 0.2) is 0 Å². The molecule has 2 rings (SSSR count). The van der Waals surface area contributed by atoms with E-state index in [-0.39, 0.29) is 0 Å². The van der Waals surface area contributed by atoms with Crippen molar-refractivity contribution in [1.82, 2.24) is 10.3 Å². The Hall–Kier alpha value is -1.09. The van der Waals surface area contributed by atoms with E-state index in [0.29, 0.717) is 6.10 Å². The minimum Gasteiger partial charge on any atom is -0.488 e. The molecule has 1 aliphatic rings. The monoisotopic (exact) mass is 248 g/mol. The molecule has 1 heterocycles. The van der Waals surface area contributed by atoms with Crippen LogP contribution in [0.4, 0.5) is 0 Å². The minimum atomic E-state index is 0.373. The predicted molar refractivity (Wildman–Crippen MR) is 73.7 cm³/mol. The standard InChI is InChI=1S/C15H24N2O/c1-3-16-10-13-7-8-17-11-15(13)18-14-6-4-5-12(2)9-14/h7-8,11-12,14,16H,3-6,9-10H2,1-2H3. The molecule has 0 amide bonds. The normalized spacial score (nSPS) is 23.9. The third-order valence-corrected chi connectivity index (χ3v) is 3.62. The summed E-state index contributed by atoms with van der Waals surface area (Å²) in [6, 6.07) is 2.05. The van der Waals surface area contributed by atoms with Crippen LogP contribution in [0.1, 0.15) is 45.1 Å². The average molecular weight is 248 g/mol. The Bertz CT molecular complexity index is 367. The summed E-state index contributed by atoms with van der Waals surface area (Å²) in [6.07, 6.45) is 9.05. The van der Waals surface area contributed by atoms with Crippen molar-refractivity contribution in [1.29, 1.82) is 0 Å². The fraction of sp³-hybridized carbons (Fsp3) is 0.667. The molecule has 1 fully saturated rings. The Morgan fingerprint density at radius 1 is 1.44 bits per heavy atom. The van der Waals surface area contributed by atoms with E-state index < -0.39 is 0 Å². The molecular formula is C15H24N2O. The zero-order chi connectivity index (χ0) is 12.8. The van der Waals surface area contributed by atoms with Gasteiger partial charge in [0, 0.05) is 18.3 Å². The molecule has 100 valence electrons. The quantitative estimate of drug-likeness (QED) is 0.869.